The average Bonchev–Trinajstić information content (AvgIpc) is 2.81. The van der Waals surface area contributed by atoms with Crippen molar-refractivity contribution in [1.29, 1.82) is 0 Å². The second-order valence-electron chi connectivity index (χ2n) is 3.98. The van der Waals surface area contributed by atoms with Crippen molar-refractivity contribution in [3.05, 3.63) is 52.5 Å². The molecule has 2 aromatic rings. The zero-order valence-corrected chi connectivity index (χ0v) is 10.2. The first-order valence-electron chi connectivity index (χ1n) is 5.48. The largest absolute Gasteiger partial charge is 0.310 e. The molecule has 0 aliphatic heterocycles. The highest BCUT2D eigenvalue weighted by Crippen LogP contribution is 2.08. The molecule has 1 N–H and O–H groups in total. The number of hydrogen-bond donors (Lipinski definition) is 1. The Morgan fingerprint density at radius 3 is 3.00 bits per heavy atom. The number of nitrogens with zero attached hydrogens (tertiary/aromatic N) is 1. The van der Waals surface area contributed by atoms with Gasteiger partial charge in [0.2, 0.25) is 0 Å². The van der Waals surface area contributed by atoms with E-state index in [4.69, 9.17) is 0 Å². The maximum atomic E-state index is 4.10. The molecular weight excluding hydrogens is 216 g/mol. The van der Waals surface area contributed by atoms with Crippen LogP contribution in [0.5, 0.6) is 0 Å². The fourth-order valence-corrected chi connectivity index (χ4v) is 2.31. The van der Waals surface area contributed by atoms with Gasteiger partial charge in [0, 0.05) is 25.0 Å². The lowest BCUT2D eigenvalue weighted by atomic mass is 10.1. The minimum absolute atomic E-state index is 0.495. The summed E-state index contributed by atoms with van der Waals surface area (Å²) in [5, 5.41) is 7.84. The van der Waals surface area contributed by atoms with E-state index in [0.717, 1.165) is 13.0 Å². The van der Waals surface area contributed by atoms with Crippen molar-refractivity contribution in [2.24, 2.45) is 0 Å². The van der Waals surface area contributed by atoms with Gasteiger partial charge in [-0.15, -0.1) is 0 Å². The first-order chi connectivity index (χ1) is 7.84. The second kappa shape index (κ2) is 5.77. The summed E-state index contributed by atoms with van der Waals surface area (Å²) in [4.78, 5) is 4.10. The molecule has 1 unspecified atom stereocenters. The van der Waals surface area contributed by atoms with Gasteiger partial charge in [0.05, 0.1) is 0 Å². The van der Waals surface area contributed by atoms with Gasteiger partial charge < -0.3 is 5.32 Å². The lowest BCUT2D eigenvalue weighted by Gasteiger charge is -2.12. The van der Waals surface area contributed by atoms with Crippen LogP contribution in [-0.4, -0.2) is 11.0 Å². The molecule has 0 amide bonds. The Morgan fingerprint density at radius 1 is 1.38 bits per heavy atom. The van der Waals surface area contributed by atoms with E-state index in [-0.39, 0.29) is 0 Å². The fourth-order valence-electron chi connectivity index (χ4n) is 1.63. The van der Waals surface area contributed by atoms with E-state index in [0.29, 0.717) is 6.04 Å². The monoisotopic (exact) mass is 232 g/mol. The van der Waals surface area contributed by atoms with Crippen LogP contribution in [0.3, 0.4) is 0 Å². The van der Waals surface area contributed by atoms with E-state index in [1.807, 2.05) is 12.3 Å². The van der Waals surface area contributed by atoms with Gasteiger partial charge in [-0.3, -0.25) is 4.98 Å². The van der Waals surface area contributed by atoms with Gasteiger partial charge in [-0.25, -0.2) is 0 Å². The number of nitrogens with one attached hydrogen (secondary N) is 1. The van der Waals surface area contributed by atoms with E-state index in [2.05, 4.69) is 40.1 Å². The topological polar surface area (TPSA) is 24.9 Å². The maximum Gasteiger partial charge on any atom is 0.0312 e. The summed E-state index contributed by atoms with van der Waals surface area (Å²) in [7, 11) is 0. The van der Waals surface area contributed by atoms with Crippen molar-refractivity contribution in [2.75, 3.05) is 0 Å². The number of pyridine rings is 1. The minimum atomic E-state index is 0.495. The third-order valence-corrected chi connectivity index (χ3v) is 3.23. The van der Waals surface area contributed by atoms with Crippen molar-refractivity contribution in [2.45, 2.75) is 25.9 Å². The smallest absolute Gasteiger partial charge is 0.0312 e. The quantitative estimate of drug-likeness (QED) is 0.857. The third-order valence-electron chi connectivity index (χ3n) is 2.50. The summed E-state index contributed by atoms with van der Waals surface area (Å²) in [6, 6.07) is 6.75. The maximum absolute atomic E-state index is 4.10. The van der Waals surface area contributed by atoms with Gasteiger partial charge in [-0.05, 0) is 47.4 Å². The summed E-state index contributed by atoms with van der Waals surface area (Å²) in [6.07, 6.45) is 4.80. The number of rotatable bonds is 5. The molecule has 0 bridgehead atoms. The van der Waals surface area contributed by atoms with E-state index in [1.165, 1.54) is 11.1 Å². The summed E-state index contributed by atoms with van der Waals surface area (Å²) >= 11 is 1.76. The molecule has 2 rings (SSSR count). The molecule has 0 saturated carbocycles. The molecule has 0 aliphatic rings. The van der Waals surface area contributed by atoms with Crippen molar-refractivity contribution >= 4 is 11.3 Å². The SMILES string of the molecule is CC(Cc1ccsc1)NCc1cccnc1. The molecule has 0 spiro atoms. The molecule has 0 radical (unpaired) electrons. The number of hydrogen-bond acceptors (Lipinski definition) is 3. The van der Waals surface area contributed by atoms with Crippen LogP contribution >= 0.6 is 11.3 Å². The Morgan fingerprint density at radius 2 is 2.31 bits per heavy atom. The molecule has 0 aromatic carbocycles. The Labute approximate surface area is 100 Å². The molecular formula is C13H16N2S. The Hall–Kier alpha value is -1.19. The normalized spacial score (nSPS) is 12.6. The molecule has 0 saturated heterocycles. The summed E-state index contributed by atoms with van der Waals surface area (Å²) < 4.78 is 0. The summed E-state index contributed by atoms with van der Waals surface area (Å²) in [5.41, 5.74) is 2.65. The fraction of sp³-hybridized carbons (Fsp3) is 0.308. The Balaban J connectivity index is 1.78. The van der Waals surface area contributed by atoms with Gasteiger partial charge in [-0.1, -0.05) is 6.07 Å². The van der Waals surface area contributed by atoms with Crippen LogP contribution < -0.4 is 5.32 Å². The predicted octanol–water partition coefficient (Wildman–Crippen LogP) is 2.86. The van der Waals surface area contributed by atoms with E-state index in [1.54, 1.807) is 17.5 Å². The zero-order valence-electron chi connectivity index (χ0n) is 9.39. The van der Waals surface area contributed by atoms with Crippen LogP contribution in [0.4, 0.5) is 0 Å². The van der Waals surface area contributed by atoms with Crippen molar-refractivity contribution in [3.63, 3.8) is 0 Å². The first-order valence-corrected chi connectivity index (χ1v) is 6.42. The van der Waals surface area contributed by atoms with E-state index < -0.39 is 0 Å². The summed E-state index contributed by atoms with van der Waals surface area (Å²) in [5.74, 6) is 0. The standard InChI is InChI=1S/C13H16N2S/c1-11(7-12-4-6-16-10-12)15-9-13-3-2-5-14-8-13/h2-6,8,10-11,15H,7,9H2,1H3. The van der Waals surface area contributed by atoms with E-state index >= 15 is 0 Å². The van der Waals surface area contributed by atoms with Crippen LogP contribution in [0.1, 0.15) is 18.1 Å². The molecule has 3 heteroatoms. The molecule has 2 heterocycles. The highest BCUT2D eigenvalue weighted by molar-refractivity contribution is 7.07. The lowest BCUT2D eigenvalue weighted by molar-refractivity contribution is 0.545. The van der Waals surface area contributed by atoms with Gasteiger partial charge in [0.25, 0.3) is 0 Å². The van der Waals surface area contributed by atoms with Crippen LogP contribution in [0, 0.1) is 0 Å². The molecule has 16 heavy (non-hydrogen) atoms. The van der Waals surface area contributed by atoms with Crippen molar-refractivity contribution in [3.8, 4) is 0 Å². The number of thiophene rings is 1. The number of aromatic nitrogens is 1. The first kappa shape index (κ1) is 11.3. The highest BCUT2D eigenvalue weighted by atomic mass is 32.1. The highest BCUT2D eigenvalue weighted by Gasteiger charge is 2.03. The van der Waals surface area contributed by atoms with E-state index in [9.17, 15) is 0 Å². The Bertz CT molecular complexity index is 397. The van der Waals surface area contributed by atoms with Gasteiger partial charge >= 0.3 is 0 Å². The Kier molecular flexibility index (Phi) is 4.08. The molecule has 0 aliphatic carbocycles. The second-order valence-corrected chi connectivity index (χ2v) is 4.76. The molecule has 2 nitrogen and oxygen atoms in total. The van der Waals surface area contributed by atoms with Crippen LogP contribution in [0.2, 0.25) is 0 Å². The molecule has 1 atom stereocenters. The zero-order chi connectivity index (χ0) is 11.2. The van der Waals surface area contributed by atoms with Crippen molar-refractivity contribution in [1.82, 2.24) is 10.3 Å². The predicted molar refractivity (Wildman–Crippen MR) is 68.6 cm³/mol. The van der Waals surface area contributed by atoms with Crippen LogP contribution in [-0.2, 0) is 13.0 Å². The average molecular weight is 232 g/mol. The molecule has 0 fully saturated rings. The van der Waals surface area contributed by atoms with Crippen LogP contribution in [0.15, 0.2) is 41.4 Å². The molecule has 2 aromatic heterocycles. The summed E-state index contributed by atoms with van der Waals surface area (Å²) in [6.45, 7) is 3.10. The van der Waals surface area contributed by atoms with Gasteiger partial charge in [0.15, 0.2) is 0 Å². The van der Waals surface area contributed by atoms with Crippen LogP contribution in [0.25, 0.3) is 0 Å². The lowest BCUT2D eigenvalue weighted by Crippen LogP contribution is -2.27. The third kappa shape index (κ3) is 3.43. The minimum Gasteiger partial charge on any atom is -0.310 e. The molecule has 84 valence electrons. The van der Waals surface area contributed by atoms with Gasteiger partial charge in [0.1, 0.15) is 0 Å². The van der Waals surface area contributed by atoms with Gasteiger partial charge in [-0.2, -0.15) is 11.3 Å². The van der Waals surface area contributed by atoms with Crippen molar-refractivity contribution < 1.29 is 0 Å².